The van der Waals surface area contributed by atoms with Gasteiger partial charge in [-0.25, -0.2) is 4.79 Å². The predicted molar refractivity (Wildman–Crippen MR) is 82.9 cm³/mol. The predicted octanol–water partition coefficient (Wildman–Crippen LogP) is 2.66. The summed E-state index contributed by atoms with van der Waals surface area (Å²) in [4.78, 5) is 25.6. The molecule has 22 heavy (non-hydrogen) atoms. The summed E-state index contributed by atoms with van der Waals surface area (Å²) in [6.45, 7) is 4.53. The van der Waals surface area contributed by atoms with Crippen LogP contribution in [0.3, 0.4) is 0 Å². The molecule has 1 aliphatic rings. The lowest BCUT2D eigenvalue weighted by atomic mass is 9.91. The minimum Gasteiger partial charge on any atom is -0.475 e. The Morgan fingerprint density at radius 1 is 1.23 bits per heavy atom. The Morgan fingerprint density at radius 2 is 1.82 bits per heavy atom. The summed E-state index contributed by atoms with van der Waals surface area (Å²) < 4.78 is 11.2. The molecule has 120 valence electrons. The molecule has 1 aliphatic heterocycles. The SMILES string of the molecule is CCOC(=O)C1(Oc2ccc(Cl)cc2)CCN(C(C)=O)CC1. The Kier molecular flexibility index (Phi) is 5.29. The number of hydrogen-bond donors (Lipinski definition) is 0. The first-order chi connectivity index (χ1) is 10.5. The van der Waals surface area contributed by atoms with Gasteiger partial charge in [-0.2, -0.15) is 0 Å². The standard InChI is InChI=1S/C16H20ClNO4/c1-3-21-15(20)16(8-10-18(11-9-16)12(2)19)22-14-6-4-13(17)5-7-14/h4-7H,3,8-11H2,1-2H3. The summed E-state index contributed by atoms with van der Waals surface area (Å²) in [5.74, 6) is 0.186. The van der Waals surface area contributed by atoms with Crippen LogP contribution in [0.25, 0.3) is 0 Å². The maximum atomic E-state index is 12.4. The maximum Gasteiger partial charge on any atom is 0.350 e. The van der Waals surface area contributed by atoms with Gasteiger partial charge in [0, 0.05) is 37.9 Å². The van der Waals surface area contributed by atoms with Gasteiger partial charge in [-0.15, -0.1) is 0 Å². The molecule has 0 aliphatic carbocycles. The number of halogens is 1. The van der Waals surface area contributed by atoms with Gasteiger partial charge in [-0.1, -0.05) is 11.6 Å². The van der Waals surface area contributed by atoms with Gasteiger partial charge >= 0.3 is 5.97 Å². The van der Waals surface area contributed by atoms with Gasteiger partial charge < -0.3 is 14.4 Å². The van der Waals surface area contributed by atoms with Crippen molar-refractivity contribution < 1.29 is 19.1 Å². The highest BCUT2D eigenvalue weighted by Crippen LogP contribution is 2.31. The number of piperidine rings is 1. The number of ether oxygens (including phenoxy) is 2. The van der Waals surface area contributed by atoms with Crippen LogP contribution in [0.5, 0.6) is 5.75 Å². The fourth-order valence-electron chi connectivity index (χ4n) is 2.52. The molecule has 0 radical (unpaired) electrons. The Morgan fingerprint density at radius 3 is 2.32 bits per heavy atom. The van der Waals surface area contributed by atoms with Crippen LogP contribution < -0.4 is 4.74 Å². The van der Waals surface area contributed by atoms with Crippen molar-refractivity contribution >= 4 is 23.5 Å². The molecule has 0 atom stereocenters. The van der Waals surface area contributed by atoms with Gasteiger partial charge in [0.2, 0.25) is 11.5 Å². The first-order valence-corrected chi connectivity index (χ1v) is 7.72. The number of amides is 1. The molecule has 1 aromatic rings. The van der Waals surface area contributed by atoms with Crippen molar-refractivity contribution in [2.45, 2.75) is 32.3 Å². The summed E-state index contributed by atoms with van der Waals surface area (Å²) in [7, 11) is 0. The Hall–Kier alpha value is -1.75. The molecule has 5 nitrogen and oxygen atoms in total. The summed E-state index contributed by atoms with van der Waals surface area (Å²) in [6.07, 6.45) is 0.822. The lowest BCUT2D eigenvalue weighted by Crippen LogP contribution is -2.54. The average molecular weight is 326 g/mol. The first-order valence-electron chi connectivity index (χ1n) is 7.34. The average Bonchev–Trinajstić information content (AvgIpc) is 2.50. The third kappa shape index (κ3) is 3.71. The lowest BCUT2D eigenvalue weighted by molar-refractivity contribution is -0.167. The highest BCUT2D eigenvalue weighted by molar-refractivity contribution is 6.30. The van der Waals surface area contributed by atoms with Crippen LogP contribution >= 0.6 is 11.6 Å². The van der Waals surface area contributed by atoms with E-state index in [1.807, 2.05) is 0 Å². The number of esters is 1. The van der Waals surface area contributed by atoms with E-state index in [9.17, 15) is 9.59 Å². The fourth-order valence-corrected chi connectivity index (χ4v) is 2.65. The molecule has 6 heteroatoms. The van der Waals surface area contributed by atoms with Crippen molar-refractivity contribution in [1.29, 1.82) is 0 Å². The molecule has 1 fully saturated rings. The Bertz CT molecular complexity index is 536. The van der Waals surface area contributed by atoms with Crippen LogP contribution in [0, 0.1) is 0 Å². The molecular weight excluding hydrogens is 306 g/mol. The molecule has 0 N–H and O–H groups in total. The van der Waals surface area contributed by atoms with E-state index in [2.05, 4.69) is 0 Å². The van der Waals surface area contributed by atoms with E-state index >= 15 is 0 Å². The van der Waals surface area contributed by atoms with Crippen LogP contribution in [0.4, 0.5) is 0 Å². The number of likely N-dealkylation sites (tertiary alicyclic amines) is 1. The largest absolute Gasteiger partial charge is 0.475 e. The van der Waals surface area contributed by atoms with Gasteiger partial charge in [-0.3, -0.25) is 4.79 Å². The molecule has 0 spiro atoms. The number of carbonyl (C=O) groups excluding carboxylic acids is 2. The molecule has 1 amide bonds. The maximum absolute atomic E-state index is 12.4. The van der Waals surface area contributed by atoms with Gasteiger partial charge in [-0.05, 0) is 31.2 Å². The second-order valence-electron chi connectivity index (χ2n) is 5.28. The minimum atomic E-state index is -1.05. The van der Waals surface area contributed by atoms with Crippen LogP contribution in [-0.4, -0.2) is 42.1 Å². The van der Waals surface area contributed by atoms with E-state index < -0.39 is 5.60 Å². The van der Waals surface area contributed by atoms with Gasteiger partial charge in [0.25, 0.3) is 0 Å². The van der Waals surface area contributed by atoms with E-state index in [1.165, 1.54) is 6.92 Å². The van der Waals surface area contributed by atoms with Crippen LogP contribution in [-0.2, 0) is 14.3 Å². The number of hydrogen-bond acceptors (Lipinski definition) is 4. The number of rotatable bonds is 4. The van der Waals surface area contributed by atoms with Gasteiger partial charge in [0.15, 0.2) is 0 Å². The normalized spacial score (nSPS) is 17.0. The second-order valence-corrected chi connectivity index (χ2v) is 5.71. The zero-order valence-electron chi connectivity index (χ0n) is 12.8. The molecule has 0 unspecified atom stereocenters. The molecular formula is C16H20ClNO4. The summed E-state index contributed by atoms with van der Waals surface area (Å²) in [5, 5.41) is 0.601. The Labute approximate surface area is 135 Å². The zero-order valence-corrected chi connectivity index (χ0v) is 13.6. The van der Waals surface area contributed by atoms with Crippen molar-refractivity contribution in [2.75, 3.05) is 19.7 Å². The summed E-state index contributed by atoms with van der Waals surface area (Å²) in [5.41, 5.74) is -1.05. The number of benzene rings is 1. The van der Waals surface area contributed by atoms with Crippen LogP contribution in [0.15, 0.2) is 24.3 Å². The molecule has 1 saturated heterocycles. The minimum absolute atomic E-state index is 0.00366. The van der Waals surface area contributed by atoms with Crippen molar-refractivity contribution in [3.8, 4) is 5.75 Å². The van der Waals surface area contributed by atoms with Crippen molar-refractivity contribution in [2.24, 2.45) is 0 Å². The van der Waals surface area contributed by atoms with Crippen molar-refractivity contribution in [3.05, 3.63) is 29.3 Å². The van der Waals surface area contributed by atoms with Crippen molar-refractivity contribution in [1.82, 2.24) is 4.90 Å². The van der Waals surface area contributed by atoms with E-state index in [1.54, 1.807) is 36.1 Å². The molecule has 2 rings (SSSR count). The third-order valence-electron chi connectivity index (χ3n) is 3.79. The first kappa shape index (κ1) is 16.6. The smallest absolute Gasteiger partial charge is 0.350 e. The van der Waals surface area contributed by atoms with Crippen LogP contribution in [0.1, 0.15) is 26.7 Å². The molecule has 0 saturated carbocycles. The monoisotopic (exact) mass is 325 g/mol. The molecule has 1 aromatic carbocycles. The number of carbonyl (C=O) groups is 2. The van der Waals surface area contributed by atoms with Crippen LogP contribution in [0.2, 0.25) is 5.02 Å². The van der Waals surface area contributed by atoms with E-state index in [4.69, 9.17) is 21.1 Å². The van der Waals surface area contributed by atoms with Gasteiger partial charge in [0.1, 0.15) is 5.75 Å². The third-order valence-corrected chi connectivity index (χ3v) is 4.04. The quantitative estimate of drug-likeness (QED) is 0.799. The Balaban J connectivity index is 2.18. The second kappa shape index (κ2) is 7.01. The topological polar surface area (TPSA) is 55.8 Å². The zero-order chi connectivity index (χ0) is 16.2. The molecule has 1 heterocycles. The fraction of sp³-hybridized carbons (Fsp3) is 0.500. The van der Waals surface area contributed by atoms with E-state index in [0.29, 0.717) is 43.3 Å². The highest BCUT2D eigenvalue weighted by atomic mass is 35.5. The highest BCUT2D eigenvalue weighted by Gasteiger charge is 2.45. The van der Waals surface area contributed by atoms with E-state index in [-0.39, 0.29) is 11.9 Å². The number of nitrogens with zero attached hydrogens (tertiary/aromatic N) is 1. The van der Waals surface area contributed by atoms with Crippen molar-refractivity contribution in [3.63, 3.8) is 0 Å². The molecule has 0 bridgehead atoms. The van der Waals surface area contributed by atoms with E-state index in [0.717, 1.165) is 0 Å². The summed E-state index contributed by atoms with van der Waals surface area (Å²) >= 11 is 5.86. The summed E-state index contributed by atoms with van der Waals surface area (Å²) in [6, 6.07) is 6.86. The molecule has 0 aromatic heterocycles. The lowest BCUT2D eigenvalue weighted by Gasteiger charge is -2.39. The van der Waals surface area contributed by atoms with Gasteiger partial charge in [0.05, 0.1) is 6.61 Å².